The Morgan fingerprint density at radius 2 is 1.82 bits per heavy atom. The van der Waals surface area contributed by atoms with Crippen LogP contribution in [0.4, 0.5) is 11.8 Å². The number of likely N-dealkylation sites (N-methyl/N-ethyl adjacent to an activating group) is 1. The number of hydrogen-bond acceptors (Lipinski definition) is 8. The predicted molar refractivity (Wildman–Crippen MR) is 178 cm³/mol. The van der Waals surface area contributed by atoms with Crippen molar-refractivity contribution in [3.63, 3.8) is 0 Å². The van der Waals surface area contributed by atoms with E-state index in [4.69, 9.17) is 15.2 Å². The summed E-state index contributed by atoms with van der Waals surface area (Å²) >= 11 is 0. The van der Waals surface area contributed by atoms with Gasteiger partial charge in [0, 0.05) is 82.6 Å². The zero-order valence-electron chi connectivity index (χ0n) is 26.7. The molecule has 10 heteroatoms. The molecule has 1 aliphatic heterocycles. The lowest BCUT2D eigenvalue weighted by atomic mass is 9.91. The van der Waals surface area contributed by atoms with Crippen molar-refractivity contribution in [3.8, 4) is 22.5 Å². The molecule has 1 saturated heterocycles. The van der Waals surface area contributed by atoms with Gasteiger partial charge >= 0.3 is 0 Å². The quantitative estimate of drug-likeness (QED) is 0.260. The lowest BCUT2D eigenvalue weighted by molar-refractivity contribution is 0.149. The fourth-order valence-electron chi connectivity index (χ4n) is 6.03. The summed E-state index contributed by atoms with van der Waals surface area (Å²) in [7, 11) is 6.03. The molecule has 3 aromatic heterocycles. The van der Waals surface area contributed by atoms with E-state index < -0.39 is 0 Å². The number of anilines is 2. The molecule has 230 valence electrons. The highest BCUT2D eigenvalue weighted by molar-refractivity contribution is 6.09. The van der Waals surface area contributed by atoms with Crippen LogP contribution in [-0.4, -0.2) is 92.4 Å². The number of nitrogens with one attached hydrogen (secondary N) is 1. The van der Waals surface area contributed by atoms with E-state index in [9.17, 15) is 0 Å². The van der Waals surface area contributed by atoms with Gasteiger partial charge in [0.05, 0.1) is 23.6 Å². The molecule has 1 aromatic carbocycles. The van der Waals surface area contributed by atoms with Gasteiger partial charge in [-0.2, -0.15) is 10.2 Å². The highest BCUT2D eigenvalue weighted by atomic mass is 15.3. The first-order valence-corrected chi connectivity index (χ1v) is 15.8. The molecule has 0 spiro atoms. The van der Waals surface area contributed by atoms with Crippen LogP contribution in [0.1, 0.15) is 37.1 Å². The summed E-state index contributed by atoms with van der Waals surface area (Å²) in [6.45, 7) is 10.8. The van der Waals surface area contributed by atoms with Gasteiger partial charge in [0.25, 0.3) is 0 Å². The second kappa shape index (κ2) is 13.2. The van der Waals surface area contributed by atoms with E-state index >= 15 is 0 Å². The molecule has 0 bridgehead atoms. The number of nitrogens with zero attached hydrogens (tertiary/aromatic N) is 9. The number of piperazine rings is 1. The van der Waals surface area contributed by atoms with Crippen LogP contribution in [0.2, 0.25) is 0 Å². The number of benzene rings is 1. The third-order valence-electron chi connectivity index (χ3n) is 8.84. The number of aliphatic imine (C=N–C) groups is 1. The fourth-order valence-corrected chi connectivity index (χ4v) is 6.03. The summed E-state index contributed by atoms with van der Waals surface area (Å²) in [6.07, 6.45) is 11.1. The van der Waals surface area contributed by atoms with Crippen LogP contribution in [0, 0.1) is 5.92 Å². The Morgan fingerprint density at radius 3 is 2.57 bits per heavy atom. The van der Waals surface area contributed by atoms with Crippen LogP contribution >= 0.6 is 0 Å². The molecule has 0 amide bonds. The second-order valence-corrected chi connectivity index (χ2v) is 12.1. The van der Waals surface area contributed by atoms with Gasteiger partial charge in [0.1, 0.15) is 0 Å². The molecule has 4 heterocycles. The highest BCUT2D eigenvalue weighted by Crippen LogP contribution is 2.40. The number of aryl methyl sites for hydroxylation is 3. The topological polar surface area (TPSA) is 92.3 Å². The van der Waals surface area contributed by atoms with Crippen LogP contribution in [0.5, 0.6) is 0 Å². The maximum Gasteiger partial charge on any atom is 0.228 e. The lowest BCUT2D eigenvalue weighted by Gasteiger charge is -2.32. The molecular formula is C34H44N10. The first-order valence-electron chi connectivity index (χ1n) is 15.8. The van der Waals surface area contributed by atoms with Gasteiger partial charge in [-0.1, -0.05) is 50.6 Å². The first kappa shape index (κ1) is 29.9. The van der Waals surface area contributed by atoms with E-state index in [0.717, 1.165) is 109 Å². The smallest absolute Gasteiger partial charge is 0.228 e. The van der Waals surface area contributed by atoms with Gasteiger partial charge in [-0.15, -0.1) is 0 Å². The zero-order valence-corrected chi connectivity index (χ0v) is 26.7. The van der Waals surface area contributed by atoms with Crippen molar-refractivity contribution >= 4 is 23.6 Å². The van der Waals surface area contributed by atoms with Crippen molar-refractivity contribution in [2.75, 3.05) is 52.1 Å². The maximum absolute atomic E-state index is 5.03. The molecule has 2 aliphatic rings. The third-order valence-corrected chi connectivity index (χ3v) is 8.84. The van der Waals surface area contributed by atoms with E-state index in [1.54, 1.807) is 0 Å². The number of allylic oxidation sites excluding steroid dienone is 2. The Labute approximate surface area is 260 Å². The monoisotopic (exact) mass is 592 g/mol. The molecule has 0 radical (unpaired) electrons. The molecule has 1 N–H and O–H groups in total. The van der Waals surface area contributed by atoms with E-state index in [1.165, 1.54) is 0 Å². The normalized spacial score (nSPS) is 16.7. The molecule has 44 heavy (non-hydrogen) atoms. The predicted octanol–water partition coefficient (Wildman–Crippen LogP) is 4.96. The summed E-state index contributed by atoms with van der Waals surface area (Å²) in [6, 6.07) is 10.7. The third kappa shape index (κ3) is 6.51. The minimum Gasteiger partial charge on any atom is -0.307 e. The van der Waals surface area contributed by atoms with Crippen LogP contribution in [0.25, 0.3) is 28.1 Å². The van der Waals surface area contributed by atoms with Crippen molar-refractivity contribution in [3.05, 3.63) is 65.6 Å². The molecule has 1 aliphatic carbocycles. The molecule has 6 rings (SSSR count). The molecule has 1 atom stereocenters. The SMILES string of the molecule is CCC(C)/C=C(\C=NC)c1ccc(-c2c3c(nn2C)CCc2cnc(Nc4ccn(CCN5CCN(C)CC5)n4)nc2-3)cc1. The Kier molecular flexibility index (Phi) is 8.99. The Hall–Kier alpha value is -4.15. The van der Waals surface area contributed by atoms with Gasteiger partial charge in [-0.05, 0) is 42.5 Å². The molecular weight excluding hydrogens is 548 g/mol. The van der Waals surface area contributed by atoms with Gasteiger partial charge in [0.2, 0.25) is 5.95 Å². The number of rotatable bonds is 10. The molecule has 4 aromatic rings. The van der Waals surface area contributed by atoms with Crippen LogP contribution in [0.3, 0.4) is 0 Å². The minimum absolute atomic E-state index is 0.488. The minimum atomic E-state index is 0.488. The first-order chi connectivity index (χ1) is 21.4. The second-order valence-electron chi connectivity index (χ2n) is 12.1. The molecule has 0 saturated carbocycles. The maximum atomic E-state index is 5.03. The standard InChI is InChI=1S/C34H44N10/c1-6-24(2)21-28(22-35-3)25-7-9-26(10-8-25)33-31-29(39-42(33)5)12-11-27-23-36-34(38-32(27)31)37-30-13-14-44(40-30)20-19-43-17-15-41(4)16-18-43/h7-10,13-14,21-24H,6,11-12,15-20H2,1-5H3,(H,36,37,38,40)/b28-21+,35-22?. The van der Waals surface area contributed by atoms with E-state index in [1.807, 2.05) is 48.1 Å². The summed E-state index contributed by atoms with van der Waals surface area (Å²) in [5.74, 6) is 1.78. The summed E-state index contributed by atoms with van der Waals surface area (Å²) in [5.41, 5.74) is 8.75. The van der Waals surface area contributed by atoms with Gasteiger partial charge in [-0.25, -0.2) is 9.97 Å². The lowest BCUT2D eigenvalue weighted by Crippen LogP contribution is -2.45. The average molecular weight is 593 g/mol. The molecule has 1 unspecified atom stereocenters. The van der Waals surface area contributed by atoms with Crippen LogP contribution < -0.4 is 5.32 Å². The van der Waals surface area contributed by atoms with Crippen LogP contribution in [0.15, 0.2) is 53.8 Å². The van der Waals surface area contributed by atoms with Gasteiger partial charge < -0.3 is 10.2 Å². The fraction of sp³-hybridized carbons (Fsp3) is 0.441. The van der Waals surface area contributed by atoms with E-state index in [2.05, 4.69) is 76.3 Å². The van der Waals surface area contributed by atoms with Crippen molar-refractivity contribution in [2.45, 2.75) is 39.7 Å². The highest BCUT2D eigenvalue weighted by Gasteiger charge is 2.27. The van der Waals surface area contributed by atoms with Crippen molar-refractivity contribution in [1.29, 1.82) is 0 Å². The molecule has 1 fully saturated rings. The van der Waals surface area contributed by atoms with Crippen molar-refractivity contribution < 1.29 is 0 Å². The largest absolute Gasteiger partial charge is 0.307 e. The van der Waals surface area contributed by atoms with Crippen LogP contribution in [-0.2, 0) is 26.4 Å². The zero-order chi connectivity index (χ0) is 30.6. The summed E-state index contributed by atoms with van der Waals surface area (Å²) in [4.78, 5) is 18.9. The van der Waals surface area contributed by atoms with Crippen molar-refractivity contribution in [2.24, 2.45) is 18.0 Å². The van der Waals surface area contributed by atoms with E-state index in [-0.39, 0.29) is 0 Å². The Morgan fingerprint density at radius 1 is 1.02 bits per heavy atom. The Bertz CT molecular complexity index is 1640. The Balaban J connectivity index is 1.23. The van der Waals surface area contributed by atoms with E-state index in [0.29, 0.717) is 11.9 Å². The molecule has 10 nitrogen and oxygen atoms in total. The van der Waals surface area contributed by atoms with Gasteiger partial charge in [-0.3, -0.25) is 19.3 Å². The van der Waals surface area contributed by atoms with Gasteiger partial charge in [0.15, 0.2) is 5.82 Å². The summed E-state index contributed by atoms with van der Waals surface area (Å²) in [5, 5.41) is 13.0. The summed E-state index contributed by atoms with van der Waals surface area (Å²) < 4.78 is 3.99. The number of hydrogen-bond donors (Lipinski definition) is 1. The van der Waals surface area contributed by atoms with Crippen molar-refractivity contribution in [1.82, 2.24) is 39.3 Å². The number of fused-ring (bicyclic) bond motifs is 3. The number of aromatic nitrogens is 6. The average Bonchev–Trinajstić information content (AvgIpc) is 3.63.